The first kappa shape index (κ1) is 25.0. The third kappa shape index (κ3) is 6.29. The molecule has 3 aromatic carbocycles. The highest BCUT2D eigenvalue weighted by Crippen LogP contribution is 2.39. The predicted octanol–water partition coefficient (Wildman–Crippen LogP) is 6.20. The van der Waals surface area contributed by atoms with Gasteiger partial charge in [0.25, 0.3) is 0 Å². The lowest BCUT2D eigenvalue weighted by Gasteiger charge is -2.50. The van der Waals surface area contributed by atoms with Gasteiger partial charge in [-0.05, 0) is 30.0 Å². The minimum Gasteiger partial charge on any atom is -0.368 e. The van der Waals surface area contributed by atoms with Crippen LogP contribution < -0.4 is 0 Å². The fraction of sp³-hybridized carbons (Fsp3) is 0.379. The van der Waals surface area contributed by atoms with Crippen molar-refractivity contribution in [2.45, 2.75) is 69.4 Å². The Bertz CT molecular complexity index is 985. The van der Waals surface area contributed by atoms with Crippen LogP contribution in [-0.2, 0) is 38.8 Å². The first-order valence-electron chi connectivity index (χ1n) is 11.9. The summed E-state index contributed by atoms with van der Waals surface area (Å²) < 4.78 is 25.9. The van der Waals surface area contributed by atoms with Crippen molar-refractivity contribution < 1.29 is 18.9 Å². The summed E-state index contributed by atoms with van der Waals surface area (Å²) in [6.45, 7) is 5.57. The zero-order chi connectivity index (χ0) is 23.8. The lowest BCUT2D eigenvalue weighted by atomic mass is 9.86. The quantitative estimate of drug-likeness (QED) is 0.352. The molecule has 4 rings (SSSR count). The molecule has 1 saturated heterocycles. The second-order valence-corrected chi connectivity index (χ2v) is 9.42. The van der Waals surface area contributed by atoms with Gasteiger partial charge in [0.15, 0.2) is 0 Å². The van der Waals surface area contributed by atoms with Crippen LogP contribution in [0.15, 0.2) is 91.0 Å². The lowest BCUT2D eigenvalue weighted by molar-refractivity contribution is -0.279. The predicted molar refractivity (Wildman–Crippen MR) is 138 cm³/mol. The molecular weight excluding hydrogens is 444 g/mol. The number of thiol groups is 1. The first-order chi connectivity index (χ1) is 16.6. The molecule has 180 valence electrons. The van der Waals surface area contributed by atoms with Crippen LogP contribution in [0.25, 0.3) is 0 Å². The molecule has 1 aliphatic rings. The van der Waals surface area contributed by atoms with Crippen LogP contribution in [0.1, 0.15) is 37.0 Å². The summed E-state index contributed by atoms with van der Waals surface area (Å²) in [5, 5.41) is 0. The highest BCUT2D eigenvalue weighted by Gasteiger charge is 2.52. The first-order valence-corrected chi connectivity index (χ1v) is 12.4. The van der Waals surface area contributed by atoms with E-state index in [0.717, 1.165) is 23.1 Å². The van der Waals surface area contributed by atoms with E-state index >= 15 is 0 Å². The summed E-state index contributed by atoms with van der Waals surface area (Å²) in [7, 11) is 0. The van der Waals surface area contributed by atoms with E-state index in [1.54, 1.807) is 0 Å². The Kier molecular flexibility index (Phi) is 8.81. The van der Waals surface area contributed by atoms with E-state index in [2.05, 4.69) is 50.2 Å². The van der Waals surface area contributed by atoms with E-state index in [9.17, 15) is 0 Å². The average molecular weight is 479 g/mol. The van der Waals surface area contributed by atoms with Gasteiger partial charge in [0.2, 0.25) is 0 Å². The Hall–Kier alpha value is -2.15. The summed E-state index contributed by atoms with van der Waals surface area (Å²) in [5.41, 5.74) is 2.31. The zero-order valence-electron chi connectivity index (χ0n) is 19.9. The Balaban J connectivity index is 1.58. The smallest absolute Gasteiger partial charge is 0.130 e. The standard InChI is InChI=1S/C29H34O4S/c1-3-29(2)27(32-21-24-17-11-6-12-18-24)25(30-19-22-13-7-4-8-14-22)26(28(34)33-29)31-20-23-15-9-5-10-16-23/h4-18,25-28,34H,3,19-21H2,1-2H3/t25-,26-,27-,28?,29+/m0/s1. The number of hydrogen-bond acceptors (Lipinski definition) is 5. The van der Waals surface area contributed by atoms with E-state index in [1.165, 1.54) is 0 Å². The second kappa shape index (κ2) is 12.0. The van der Waals surface area contributed by atoms with Gasteiger partial charge < -0.3 is 18.9 Å². The van der Waals surface area contributed by atoms with Crippen molar-refractivity contribution in [3.63, 3.8) is 0 Å². The van der Waals surface area contributed by atoms with Crippen LogP contribution in [0.2, 0.25) is 0 Å². The molecule has 5 atom stereocenters. The van der Waals surface area contributed by atoms with Gasteiger partial charge in [0.1, 0.15) is 23.7 Å². The zero-order valence-corrected chi connectivity index (χ0v) is 20.8. The van der Waals surface area contributed by atoms with Crippen LogP contribution >= 0.6 is 12.6 Å². The maximum atomic E-state index is 6.56. The molecule has 0 N–H and O–H groups in total. The van der Waals surface area contributed by atoms with E-state index in [1.807, 2.05) is 54.6 Å². The minimum atomic E-state index is -0.560. The van der Waals surface area contributed by atoms with Gasteiger partial charge >= 0.3 is 0 Å². The minimum absolute atomic E-state index is 0.328. The number of benzene rings is 3. The van der Waals surface area contributed by atoms with Gasteiger partial charge in [-0.25, -0.2) is 0 Å². The third-order valence-electron chi connectivity index (χ3n) is 6.44. The van der Waals surface area contributed by atoms with Gasteiger partial charge in [-0.3, -0.25) is 0 Å². The molecule has 0 amide bonds. The Morgan fingerprint density at radius 1 is 0.676 bits per heavy atom. The van der Waals surface area contributed by atoms with Crippen LogP contribution in [-0.4, -0.2) is 29.3 Å². The molecule has 0 spiro atoms. The molecule has 0 aromatic heterocycles. The summed E-state index contributed by atoms with van der Waals surface area (Å²) in [5.74, 6) is 0. The number of rotatable bonds is 10. The number of ether oxygens (including phenoxy) is 4. The molecule has 0 aliphatic carbocycles. The maximum Gasteiger partial charge on any atom is 0.130 e. The largest absolute Gasteiger partial charge is 0.368 e. The molecular formula is C29H34O4S. The van der Waals surface area contributed by atoms with E-state index < -0.39 is 17.1 Å². The fourth-order valence-electron chi connectivity index (χ4n) is 4.30. The molecule has 1 heterocycles. The molecule has 4 nitrogen and oxygen atoms in total. The normalized spacial score (nSPS) is 26.9. The molecule has 1 fully saturated rings. The van der Waals surface area contributed by atoms with Crippen LogP contribution in [0.4, 0.5) is 0 Å². The average Bonchev–Trinajstić information content (AvgIpc) is 2.88. The van der Waals surface area contributed by atoms with E-state index in [0.29, 0.717) is 19.8 Å². The van der Waals surface area contributed by atoms with Crippen molar-refractivity contribution in [1.82, 2.24) is 0 Å². The monoisotopic (exact) mass is 478 g/mol. The van der Waals surface area contributed by atoms with Gasteiger partial charge in [0, 0.05) is 0 Å². The summed E-state index contributed by atoms with van der Waals surface area (Å²) in [6.07, 6.45) is -0.313. The summed E-state index contributed by atoms with van der Waals surface area (Å²) in [6, 6.07) is 30.5. The van der Waals surface area contributed by atoms with Crippen LogP contribution in [0, 0.1) is 0 Å². The van der Waals surface area contributed by atoms with Crippen LogP contribution in [0.5, 0.6) is 0 Å². The molecule has 0 radical (unpaired) electrons. The molecule has 3 aromatic rings. The lowest BCUT2D eigenvalue weighted by Crippen LogP contribution is -2.63. The van der Waals surface area contributed by atoms with Crippen molar-refractivity contribution >= 4 is 12.6 Å². The molecule has 34 heavy (non-hydrogen) atoms. The van der Waals surface area contributed by atoms with Gasteiger partial charge in [-0.1, -0.05) is 97.9 Å². The van der Waals surface area contributed by atoms with Crippen molar-refractivity contribution in [2.24, 2.45) is 0 Å². The Morgan fingerprint density at radius 3 is 1.53 bits per heavy atom. The van der Waals surface area contributed by atoms with Crippen LogP contribution in [0.3, 0.4) is 0 Å². The summed E-state index contributed by atoms with van der Waals surface area (Å²) >= 11 is 4.81. The van der Waals surface area contributed by atoms with Crippen molar-refractivity contribution in [1.29, 1.82) is 0 Å². The van der Waals surface area contributed by atoms with Crippen molar-refractivity contribution in [2.75, 3.05) is 0 Å². The van der Waals surface area contributed by atoms with Crippen molar-refractivity contribution in [3.05, 3.63) is 108 Å². The Labute approximate surface area is 208 Å². The van der Waals surface area contributed by atoms with Crippen molar-refractivity contribution in [3.8, 4) is 0 Å². The molecule has 0 saturated carbocycles. The van der Waals surface area contributed by atoms with E-state index in [-0.39, 0.29) is 12.2 Å². The third-order valence-corrected chi connectivity index (χ3v) is 6.84. The number of hydrogen-bond donors (Lipinski definition) is 1. The van der Waals surface area contributed by atoms with E-state index in [4.69, 9.17) is 31.6 Å². The second-order valence-electron chi connectivity index (χ2n) is 8.91. The maximum absolute atomic E-state index is 6.56. The molecule has 1 unspecified atom stereocenters. The SMILES string of the molecule is CC[C@@]1(C)OC(S)[C@@H](OCc2ccccc2)[C@H](OCc2ccccc2)[C@@H]1OCc1ccccc1. The molecule has 1 aliphatic heterocycles. The fourth-order valence-corrected chi connectivity index (χ4v) is 4.80. The summed E-state index contributed by atoms with van der Waals surface area (Å²) in [4.78, 5) is 0. The molecule has 0 bridgehead atoms. The van der Waals surface area contributed by atoms with Gasteiger partial charge in [-0.2, -0.15) is 0 Å². The van der Waals surface area contributed by atoms with Gasteiger partial charge in [-0.15, -0.1) is 12.6 Å². The van der Waals surface area contributed by atoms with Gasteiger partial charge in [0.05, 0.1) is 25.4 Å². The highest BCUT2D eigenvalue weighted by atomic mass is 32.1. The topological polar surface area (TPSA) is 36.9 Å². The molecule has 5 heteroatoms. The Morgan fingerprint density at radius 2 is 1.09 bits per heavy atom. The highest BCUT2D eigenvalue weighted by molar-refractivity contribution is 7.80.